The van der Waals surface area contributed by atoms with Gasteiger partial charge in [-0.25, -0.2) is 22.9 Å². The van der Waals surface area contributed by atoms with Gasteiger partial charge in [-0.1, -0.05) is 45.0 Å². The van der Waals surface area contributed by atoms with Crippen molar-refractivity contribution in [1.29, 1.82) is 0 Å². The fourth-order valence-corrected chi connectivity index (χ4v) is 8.23. The summed E-state index contributed by atoms with van der Waals surface area (Å²) < 4.78 is 41.1. The van der Waals surface area contributed by atoms with Crippen LogP contribution < -0.4 is 14.8 Å². The number of hydrogen-bond donors (Lipinski definition) is 2. The molecule has 1 aromatic heterocycles. The second-order valence-corrected chi connectivity index (χ2v) is 16.5. The van der Waals surface area contributed by atoms with Gasteiger partial charge < -0.3 is 19.7 Å². The van der Waals surface area contributed by atoms with Gasteiger partial charge >= 0.3 is 6.09 Å². The summed E-state index contributed by atoms with van der Waals surface area (Å²) in [6.45, 7) is 14.5. The van der Waals surface area contributed by atoms with E-state index in [0.717, 1.165) is 29.5 Å². The van der Waals surface area contributed by atoms with Gasteiger partial charge in [-0.05, 0) is 94.0 Å². The Balaban J connectivity index is 1.57. The number of fused-ring (bicyclic) bond motifs is 4. The van der Waals surface area contributed by atoms with Crippen molar-refractivity contribution in [1.82, 2.24) is 20.2 Å². The van der Waals surface area contributed by atoms with Crippen molar-refractivity contribution < 1.29 is 27.5 Å². The molecule has 0 saturated heterocycles. The van der Waals surface area contributed by atoms with Crippen molar-refractivity contribution in [3.05, 3.63) is 65.2 Å². The highest BCUT2D eigenvalue weighted by molar-refractivity contribution is 7.92. The molecule has 0 spiro atoms. The number of amides is 2. The van der Waals surface area contributed by atoms with Crippen molar-refractivity contribution in [3.63, 3.8) is 0 Å². The fraction of sp³-hybridized carbons (Fsp3) is 0.500. The Kier molecular flexibility index (Phi) is 9.79. The molecular formula is C36H47N5O6S. The minimum Gasteiger partial charge on any atom is -0.475 e. The van der Waals surface area contributed by atoms with Gasteiger partial charge in [0.1, 0.15) is 6.61 Å². The average molecular weight is 678 g/mol. The number of rotatable bonds is 6. The number of benzene rings is 2. The summed E-state index contributed by atoms with van der Waals surface area (Å²) >= 11 is 0. The lowest BCUT2D eigenvalue weighted by molar-refractivity contribution is 0.0279. The Labute approximate surface area is 283 Å². The third-order valence-electron chi connectivity index (χ3n) is 9.17. The van der Waals surface area contributed by atoms with E-state index in [-0.39, 0.29) is 63.8 Å². The standard InChI is InChI=1S/C36H47N5O6S/c1-22-11-9-12-23(2)31(22)29-17-30-38-33(37-29)40-48(44,45)28-14-10-13-26(16-28)32(42)41(27(21-47-30)20-35(4,5)6)24(3)15-25-18-36(7,19-25)39-34(43)46-8/h9-14,16-17,24-25,27H,15,18-21H2,1-8H3,(H,39,43)(H,37,38,40)/t24-,25?,27+,36?/m0/s1. The van der Waals surface area contributed by atoms with Gasteiger partial charge in [0.05, 0.1) is 23.7 Å². The second kappa shape index (κ2) is 13.4. The van der Waals surface area contributed by atoms with Crippen LogP contribution in [0.4, 0.5) is 10.7 Å². The zero-order chi connectivity index (χ0) is 35.0. The third-order valence-corrected chi connectivity index (χ3v) is 10.5. The van der Waals surface area contributed by atoms with E-state index in [1.54, 1.807) is 18.2 Å². The molecule has 2 heterocycles. The quantitative estimate of drug-likeness (QED) is 0.301. The first-order valence-corrected chi connectivity index (χ1v) is 17.9. The second-order valence-electron chi connectivity index (χ2n) is 14.8. The van der Waals surface area contributed by atoms with Gasteiger partial charge in [0.25, 0.3) is 15.9 Å². The molecule has 12 heteroatoms. The van der Waals surface area contributed by atoms with Crippen LogP contribution in [0.3, 0.4) is 0 Å². The van der Waals surface area contributed by atoms with E-state index in [4.69, 9.17) is 9.47 Å². The van der Waals surface area contributed by atoms with E-state index in [9.17, 15) is 18.0 Å². The minimum absolute atomic E-state index is 0.0697. The molecule has 0 unspecified atom stereocenters. The molecule has 2 aliphatic rings. The smallest absolute Gasteiger partial charge is 0.407 e. The van der Waals surface area contributed by atoms with Crippen LogP contribution in [0.15, 0.2) is 53.4 Å². The summed E-state index contributed by atoms with van der Waals surface area (Å²) in [4.78, 5) is 37.3. The topological polar surface area (TPSA) is 140 Å². The number of carbonyl (C=O) groups excluding carboxylic acids is 2. The number of anilines is 1. The summed E-state index contributed by atoms with van der Waals surface area (Å²) in [6, 6.07) is 13.1. The Hall–Kier alpha value is -4.19. The lowest BCUT2D eigenvalue weighted by atomic mass is 9.67. The van der Waals surface area contributed by atoms with Crippen LogP contribution in [-0.2, 0) is 14.8 Å². The van der Waals surface area contributed by atoms with Gasteiger partial charge in [-0.3, -0.25) is 4.79 Å². The van der Waals surface area contributed by atoms with E-state index >= 15 is 0 Å². The molecule has 2 N–H and O–H groups in total. The highest BCUT2D eigenvalue weighted by Gasteiger charge is 2.44. The monoisotopic (exact) mass is 677 g/mol. The molecule has 11 nitrogen and oxygen atoms in total. The Morgan fingerprint density at radius 3 is 2.44 bits per heavy atom. The van der Waals surface area contributed by atoms with E-state index in [2.05, 4.69) is 40.8 Å². The molecular weight excluding hydrogens is 630 g/mol. The molecule has 1 aliphatic heterocycles. The molecule has 1 saturated carbocycles. The lowest BCUT2D eigenvalue weighted by Crippen LogP contribution is -2.57. The number of methoxy groups -OCH3 is 1. The van der Waals surface area contributed by atoms with Gasteiger partial charge in [0, 0.05) is 28.8 Å². The number of carbonyl (C=O) groups is 2. The number of aromatic nitrogens is 2. The molecule has 48 heavy (non-hydrogen) atoms. The van der Waals surface area contributed by atoms with Gasteiger partial charge in [-0.15, -0.1) is 0 Å². The molecule has 2 aromatic carbocycles. The maximum atomic E-state index is 14.5. The molecule has 2 amide bonds. The van der Waals surface area contributed by atoms with Crippen LogP contribution >= 0.6 is 0 Å². The number of ether oxygens (including phenoxy) is 2. The van der Waals surface area contributed by atoms with Gasteiger partial charge in [0.2, 0.25) is 11.8 Å². The summed E-state index contributed by atoms with van der Waals surface area (Å²) in [5.74, 6) is 0.0673. The van der Waals surface area contributed by atoms with E-state index in [1.165, 1.54) is 19.2 Å². The first-order valence-electron chi connectivity index (χ1n) is 16.4. The highest BCUT2D eigenvalue weighted by Crippen LogP contribution is 2.42. The van der Waals surface area contributed by atoms with Crippen LogP contribution in [0.2, 0.25) is 0 Å². The number of hydrogen-bond acceptors (Lipinski definition) is 8. The molecule has 0 radical (unpaired) electrons. The first kappa shape index (κ1) is 35.1. The minimum atomic E-state index is -4.17. The average Bonchev–Trinajstić information content (AvgIpc) is 2.97. The fourth-order valence-electron chi connectivity index (χ4n) is 7.24. The van der Waals surface area contributed by atoms with E-state index in [0.29, 0.717) is 18.5 Å². The van der Waals surface area contributed by atoms with E-state index < -0.39 is 16.1 Å². The summed E-state index contributed by atoms with van der Waals surface area (Å²) in [5, 5.41) is 2.93. The SMILES string of the molecule is COC(=O)NC1(C)CC(C[C@H](C)N2C(=O)c3cccc(c3)S(=O)(=O)Nc3nc(cc(-c4c(C)cccc4C)n3)OC[C@H]2CC(C)(C)C)C1. The number of nitrogens with zero attached hydrogens (tertiary/aromatic N) is 3. The maximum absolute atomic E-state index is 14.5. The number of nitrogens with one attached hydrogen (secondary N) is 2. The normalized spacial score (nSPS) is 22.8. The van der Waals surface area contributed by atoms with Gasteiger partial charge in [-0.2, -0.15) is 4.98 Å². The highest BCUT2D eigenvalue weighted by atomic mass is 32.2. The van der Waals surface area contributed by atoms with Crippen molar-refractivity contribution in [2.45, 2.75) is 96.7 Å². The molecule has 3 aromatic rings. The predicted molar refractivity (Wildman–Crippen MR) is 184 cm³/mol. The molecule has 5 rings (SSSR count). The Morgan fingerprint density at radius 1 is 1.12 bits per heavy atom. The van der Waals surface area contributed by atoms with E-state index in [1.807, 2.05) is 50.8 Å². The molecule has 258 valence electrons. The largest absolute Gasteiger partial charge is 0.475 e. The maximum Gasteiger partial charge on any atom is 0.407 e. The number of alkyl carbamates (subject to hydrolysis) is 1. The summed E-state index contributed by atoms with van der Waals surface area (Å²) in [7, 11) is -2.82. The van der Waals surface area contributed by atoms with Crippen molar-refractivity contribution in [2.24, 2.45) is 11.3 Å². The van der Waals surface area contributed by atoms with Crippen LogP contribution in [0, 0.1) is 25.2 Å². The van der Waals surface area contributed by atoms with Crippen LogP contribution in [0.5, 0.6) is 5.88 Å². The number of aryl methyl sites for hydroxylation is 2. The summed E-state index contributed by atoms with van der Waals surface area (Å²) in [5.41, 5.74) is 3.06. The zero-order valence-corrected chi connectivity index (χ0v) is 29.9. The van der Waals surface area contributed by atoms with Crippen molar-refractivity contribution in [3.8, 4) is 17.1 Å². The van der Waals surface area contributed by atoms with Crippen molar-refractivity contribution >= 4 is 28.0 Å². The lowest BCUT2D eigenvalue weighted by Gasteiger charge is -2.48. The molecule has 1 fully saturated rings. The van der Waals surface area contributed by atoms with Crippen LogP contribution in [-0.4, -0.2) is 66.6 Å². The van der Waals surface area contributed by atoms with Crippen molar-refractivity contribution in [2.75, 3.05) is 18.4 Å². The Bertz CT molecular complexity index is 1780. The predicted octanol–water partition coefficient (Wildman–Crippen LogP) is 6.50. The van der Waals surface area contributed by atoms with Crippen LogP contribution in [0.25, 0.3) is 11.3 Å². The molecule has 4 bridgehead atoms. The molecule has 2 atom stereocenters. The molecule has 1 aliphatic carbocycles. The van der Waals surface area contributed by atoms with Gasteiger partial charge in [0.15, 0.2) is 0 Å². The first-order chi connectivity index (χ1) is 22.5. The summed E-state index contributed by atoms with van der Waals surface area (Å²) in [6.07, 6.45) is 2.35. The third kappa shape index (κ3) is 7.91. The number of sulfonamides is 1. The zero-order valence-electron chi connectivity index (χ0n) is 29.1. The Morgan fingerprint density at radius 2 is 1.79 bits per heavy atom. The van der Waals surface area contributed by atoms with Crippen LogP contribution in [0.1, 0.15) is 81.8 Å².